The average Bonchev–Trinajstić information content (AvgIpc) is 3.36. The Morgan fingerprint density at radius 3 is 2.86 bits per heavy atom. The second-order valence-electron chi connectivity index (χ2n) is 6.76. The Kier molecular flexibility index (Phi) is 5.24. The lowest BCUT2D eigenvalue weighted by Crippen LogP contribution is -2.40. The molecule has 3 heterocycles. The van der Waals surface area contributed by atoms with E-state index >= 15 is 0 Å². The highest BCUT2D eigenvalue weighted by Gasteiger charge is 2.32. The average molecular weight is 484 g/mol. The zero-order chi connectivity index (χ0) is 19.9. The molecule has 0 saturated carbocycles. The number of sulfone groups is 1. The van der Waals surface area contributed by atoms with E-state index in [0.29, 0.717) is 12.2 Å². The molecule has 0 N–H and O–H groups in total. The van der Waals surface area contributed by atoms with Gasteiger partial charge in [-0.15, -0.1) is 11.3 Å². The molecular formula is C19H18BrNO5S2. The van der Waals surface area contributed by atoms with Gasteiger partial charge in [0.15, 0.2) is 16.4 Å². The van der Waals surface area contributed by atoms with Crippen LogP contribution in [0.3, 0.4) is 0 Å². The number of fused-ring (bicyclic) bond motifs is 1. The summed E-state index contributed by atoms with van der Waals surface area (Å²) in [5.74, 6) is 0.480. The molecule has 4 rings (SSSR count). The van der Waals surface area contributed by atoms with Gasteiger partial charge in [0.05, 0.1) is 15.3 Å². The molecule has 28 heavy (non-hydrogen) atoms. The number of amides is 1. The van der Waals surface area contributed by atoms with Crippen LogP contribution in [0.15, 0.2) is 44.8 Å². The highest BCUT2D eigenvalue weighted by atomic mass is 79.9. The number of carbonyl (C=O) groups is 1. The lowest BCUT2D eigenvalue weighted by atomic mass is 10.1. The summed E-state index contributed by atoms with van der Waals surface area (Å²) >= 11 is 5.08. The molecule has 1 aliphatic rings. The number of rotatable bonds is 5. The van der Waals surface area contributed by atoms with Crippen LogP contribution in [0.1, 0.15) is 6.42 Å². The number of halogens is 1. The van der Waals surface area contributed by atoms with Crippen molar-refractivity contribution in [2.24, 2.45) is 0 Å². The predicted octanol–water partition coefficient (Wildman–Crippen LogP) is 3.95. The first kappa shape index (κ1) is 19.5. The van der Waals surface area contributed by atoms with Crippen molar-refractivity contribution < 1.29 is 22.4 Å². The zero-order valence-corrected chi connectivity index (χ0v) is 18.3. The van der Waals surface area contributed by atoms with Gasteiger partial charge in [-0.05, 0) is 52.7 Å². The largest absolute Gasteiger partial charge is 0.484 e. The van der Waals surface area contributed by atoms with Crippen molar-refractivity contribution in [3.63, 3.8) is 0 Å². The number of hydrogen-bond acceptors (Lipinski definition) is 6. The summed E-state index contributed by atoms with van der Waals surface area (Å²) in [6.45, 7) is -0.143. The molecule has 6 nitrogen and oxygen atoms in total. The SMILES string of the molecule is CN(C(=O)COc1ccc2occ(-c3ccc(Br)s3)c2c1)C1CCS(=O)(=O)C1. The number of furan rings is 1. The molecule has 0 spiro atoms. The van der Waals surface area contributed by atoms with Crippen LogP contribution in [0.5, 0.6) is 5.75 Å². The van der Waals surface area contributed by atoms with E-state index in [4.69, 9.17) is 9.15 Å². The molecular weight excluding hydrogens is 466 g/mol. The third-order valence-electron chi connectivity index (χ3n) is 4.90. The van der Waals surface area contributed by atoms with E-state index in [1.165, 1.54) is 4.90 Å². The monoisotopic (exact) mass is 483 g/mol. The summed E-state index contributed by atoms with van der Waals surface area (Å²) in [4.78, 5) is 15.0. The Balaban J connectivity index is 1.47. The minimum absolute atomic E-state index is 0.0238. The highest BCUT2D eigenvalue weighted by Crippen LogP contribution is 2.38. The van der Waals surface area contributed by atoms with Crippen LogP contribution in [-0.2, 0) is 14.6 Å². The maximum Gasteiger partial charge on any atom is 0.260 e. The molecule has 1 atom stereocenters. The smallest absolute Gasteiger partial charge is 0.260 e. The van der Waals surface area contributed by atoms with Gasteiger partial charge in [0.1, 0.15) is 17.6 Å². The van der Waals surface area contributed by atoms with Crippen LogP contribution in [0.2, 0.25) is 0 Å². The maximum atomic E-state index is 12.4. The molecule has 0 radical (unpaired) electrons. The number of thiophene rings is 1. The van der Waals surface area contributed by atoms with Gasteiger partial charge >= 0.3 is 0 Å². The van der Waals surface area contributed by atoms with Gasteiger partial charge in [-0.1, -0.05) is 0 Å². The molecule has 0 bridgehead atoms. The van der Waals surface area contributed by atoms with E-state index in [1.807, 2.05) is 24.3 Å². The molecule has 1 aromatic carbocycles. The third-order valence-corrected chi connectivity index (χ3v) is 8.30. The van der Waals surface area contributed by atoms with Crippen LogP contribution in [0.4, 0.5) is 0 Å². The van der Waals surface area contributed by atoms with Gasteiger partial charge in [0, 0.05) is 28.9 Å². The fourth-order valence-corrected chi connectivity index (χ4v) is 6.46. The molecule has 0 aliphatic carbocycles. The van der Waals surface area contributed by atoms with Gasteiger partial charge in [-0.3, -0.25) is 4.79 Å². The fourth-order valence-electron chi connectivity index (χ4n) is 3.28. The first-order chi connectivity index (χ1) is 13.3. The van der Waals surface area contributed by atoms with Crippen molar-refractivity contribution in [1.29, 1.82) is 0 Å². The van der Waals surface area contributed by atoms with E-state index in [-0.39, 0.29) is 30.1 Å². The second-order valence-corrected chi connectivity index (χ2v) is 11.5. The highest BCUT2D eigenvalue weighted by molar-refractivity contribution is 9.11. The molecule has 2 aromatic heterocycles. The minimum atomic E-state index is -3.04. The van der Waals surface area contributed by atoms with Crippen LogP contribution >= 0.6 is 27.3 Å². The summed E-state index contributed by atoms with van der Waals surface area (Å²) in [5.41, 5.74) is 1.71. The van der Waals surface area contributed by atoms with Crippen molar-refractivity contribution in [1.82, 2.24) is 4.90 Å². The second kappa shape index (κ2) is 7.53. The third kappa shape index (κ3) is 3.97. The predicted molar refractivity (Wildman–Crippen MR) is 113 cm³/mol. The van der Waals surface area contributed by atoms with Gasteiger partial charge < -0.3 is 14.1 Å². The number of carbonyl (C=O) groups excluding carboxylic acids is 1. The van der Waals surface area contributed by atoms with Crippen LogP contribution in [0, 0.1) is 0 Å². The molecule has 1 fully saturated rings. The summed E-state index contributed by atoms with van der Waals surface area (Å²) in [7, 11) is -1.41. The van der Waals surface area contributed by atoms with E-state index in [1.54, 1.807) is 30.7 Å². The van der Waals surface area contributed by atoms with E-state index in [0.717, 1.165) is 25.2 Å². The molecule has 1 unspecified atom stereocenters. The van der Waals surface area contributed by atoms with Crippen LogP contribution in [-0.4, -0.2) is 50.4 Å². The minimum Gasteiger partial charge on any atom is -0.484 e. The summed E-state index contributed by atoms with van der Waals surface area (Å²) in [6.07, 6.45) is 2.19. The number of hydrogen-bond donors (Lipinski definition) is 0. The summed E-state index contributed by atoms with van der Waals surface area (Å²) in [5, 5.41) is 0.912. The van der Waals surface area contributed by atoms with Gasteiger partial charge in [0.25, 0.3) is 5.91 Å². The summed E-state index contributed by atoms with van der Waals surface area (Å²) in [6, 6.07) is 9.15. The van der Waals surface area contributed by atoms with Crippen molar-refractivity contribution in [3.05, 3.63) is 40.4 Å². The van der Waals surface area contributed by atoms with Crippen molar-refractivity contribution in [2.45, 2.75) is 12.5 Å². The topological polar surface area (TPSA) is 76.8 Å². The van der Waals surface area contributed by atoms with Crippen molar-refractivity contribution in [2.75, 3.05) is 25.2 Å². The van der Waals surface area contributed by atoms with Crippen molar-refractivity contribution in [3.8, 4) is 16.2 Å². The molecule has 1 aliphatic heterocycles. The molecule has 1 amide bonds. The van der Waals surface area contributed by atoms with Gasteiger partial charge in [-0.25, -0.2) is 8.42 Å². The fraction of sp³-hybridized carbons (Fsp3) is 0.316. The first-order valence-electron chi connectivity index (χ1n) is 8.68. The molecule has 9 heteroatoms. The maximum absolute atomic E-state index is 12.4. The standard InChI is InChI=1S/C19H18BrNO5S2/c1-21(12-6-7-28(23,24)11-12)19(22)10-25-13-2-3-16-14(8-13)15(9-26-16)17-4-5-18(20)27-17/h2-5,8-9,12H,6-7,10-11H2,1H3. The van der Waals surface area contributed by atoms with E-state index < -0.39 is 9.84 Å². The van der Waals surface area contributed by atoms with Crippen molar-refractivity contribution >= 4 is 54.0 Å². The summed E-state index contributed by atoms with van der Waals surface area (Å²) < 4.78 is 35.6. The Hall–Kier alpha value is -1.84. The lowest BCUT2D eigenvalue weighted by molar-refractivity contribution is -0.133. The number of benzene rings is 1. The van der Waals surface area contributed by atoms with E-state index in [2.05, 4.69) is 15.9 Å². The number of ether oxygens (including phenoxy) is 1. The molecule has 148 valence electrons. The quantitative estimate of drug-likeness (QED) is 0.548. The lowest BCUT2D eigenvalue weighted by Gasteiger charge is -2.23. The van der Waals surface area contributed by atoms with E-state index in [9.17, 15) is 13.2 Å². The number of likely N-dealkylation sites (N-methyl/N-ethyl adjacent to an activating group) is 1. The Morgan fingerprint density at radius 1 is 1.36 bits per heavy atom. The van der Waals surface area contributed by atoms with Crippen LogP contribution < -0.4 is 4.74 Å². The Bertz CT molecular complexity index is 1130. The molecule has 3 aromatic rings. The van der Waals surface area contributed by atoms with Crippen LogP contribution in [0.25, 0.3) is 21.4 Å². The molecule has 1 saturated heterocycles. The van der Waals surface area contributed by atoms with Gasteiger partial charge in [-0.2, -0.15) is 0 Å². The first-order valence-corrected chi connectivity index (χ1v) is 12.1. The normalized spacial score (nSPS) is 18.4. The van der Waals surface area contributed by atoms with Gasteiger partial charge in [0.2, 0.25) is 0 Å². The Labute approximate surface area is 175 Å². The zero-order valence-electron chi connectivity index (χ0n) is 15.1. The Morgan fingerprint density at radius 2 is 2.18 bits per heavy atom. The number of nitrogens with zero attached hydrogens (tertiary/aromatic N) is 1.